The molecule has 1 aromatic rings. The van der Waals surface area contributed by atoms with Crippen LogP contribution in [0.3, 0.4) is 0 Å². The summed E-state index contributed by atoms with van der Waals surface area (Å²) in [5.74, 6) is 0.339. The number of nitrogens with one attached hydrogen (secondary N) is 1. The maximum absolute atomic E-state index is 12.5. The number of H-pyrrole nitrogens is 1. The van der Waals surface area contributed by atoms with E-state index in [4.69, 9.17) is 0 Å². The maximum atomic E-state index is 12.5. The lowest BCUT2D eigenvalue weighted by atomic mass is 9.96. The van der Waals surface area contributed by atoms with Crippen molar-refractivity contribution in [3.8, 4) is 0 Å². The molecule has 0 aromatic carbocycles. The number of carbonyl (C=O) groups excluding carboxylic acids is 1. The highest BCUT2D eigenvalue weighted by Gasteiger charge is 2.30. The molecule has 2 aliphatic heterocycles. The van der Waals surface area contributed by atoms with Crippen LogP contribution in [0.2, 0.25) is 0 Å². The van der Waals surface area contributed by atoms with E-state index in [-0.39, 0.29) is 17.4 Å². The van der Waals surface area contributed by atoms with Crippen LogP contribution >= 0.6 is 0 Å². The minimum Gasteiger partial charge on any atom is -0.369 e. The molecule has 108 valence electrons. The minimum absolute atomic E-state index is 0.0566. The van der Waals surface area contributed by atoms with Gasteiger partial charge in [0, 0.05) is 32.2 Å². The Morgan fingerprint density at radius 2 is 2.05 bits per heavy atom. The molecule has 1 amide bonds. The predicted molar refractivity (Wildman–Crippen MR) is 75.6 cm³/mol. The third-order valence-corrected chi connectivity index (χ3v) is 4.20. The van der Waals surface area contributed by atoms with Crippen molar-refractivity contribution in [2.75, 3.05) is 31.1 Å². The van der Waals surface area contributed by atoms with Crippen LogP contribution in [0.5, 0.6) is 0 Å². The highest BCUT2D eigenvalue weighted by atomic mass is 16.2. The maximum Gasteiger partial charge on any atom is 0.266 e. The molecule has 1 atom stereocenters. The van der Waals surface area contributed by atoms with E-state index in [1.54, 1.807) is 12.3 Å². The third kappa shape index (κ3) is 2.69. The topological polar surface area (TPSA) is 69.3 Å². The van der Waals surface area contributed by atoms with Crippen molar-refractivity contribution in [2.45, 2.75) is 25.7 Å². The molecule has 1 aromatic heterocycles. The molecule has 6 nitrogen and oxygen atoms in total. The van der Waals surface area contributed by atoms with E-state index in [9.17, 15) is 9.59 Å². The Kier molecular flexibility index (Phi) is 3.71. The molecule has 6 heteroatoms. The number of rotatable bonds is 2. The second-order valence-electron chi connectivity index (χ2n) is 5.62. The van der Waals surface area contributed by atoms with Crippen LogP contribution < -0.4 is 10.5 Å². The molecule has 0 saturated carbocycles. The average Bonchev–Trinajstić information content (AvgIpc) is 3.01. The van der Waals surface area contributed by atoms with Crippen LogP contribution in [-0.4, -0.2) is 47.2 Å². The second-order valence-corrected chi connectivity index (χ2v) is 5.62. The monoisotopic (exact) mass is 276 g/mol. The highest BCUT2D eigenvalue weighted by Crippen LogP contribution is 2.24. The van der Waals surface area contributed by atoms with Gasteiger partial charge in [-0.3, -0.25) is 9.59 Å². The highest BCUT2D eigenvalue weighted by molar-refractivity contribution is 5.80. The van der Waals surface area contributed by atoms with Crippen molar-refractivity contribution in [1.29, 1.82) is 0 Å². The van der Waals surface area contributed by atoms with Gasteiger partial charge in [-0.15, -0.1) is 0 Å². The molecule has 2 aliphatic rings. The molecule has 3 rings (SSSR count). The Morgan fingerprint density at radius 3 is 2.80 bits per heavy atom. The molecule has 20 heavy (non-hydrogen) atoms. The van der Waals surface area contributed by atoms with Crippen LogP contribution in [0.15, 0.2) is 17.1 Å². The Labute approximate surface area is 117 Å². The zero-order valence-corrected chi connectivity index (χ0v) is 11.5. The standard InChI is InChI=1S/C14H20N4O2/c19-13-8-12(9-15-16-13)18-7-3-4-11(10-18)14(20)17-5-1-2-6-17/h8-9,11H,1-7,10H2,(H,16,19). The van der Waals surface area contributed by atoms with Crippen LogP contribution in [0.1, 0.15) is 25.7 Å². The Hall–Kier alpha value is -1.85. The van der Waals surface area contributed by atoms with Gasteiger partial charge in [0.2, 0.25) is 5.91 Å². The first kappa shape index (κ1) is 13.1. The quantitative estimate of drug-likeness (QED) is 0.859. The summed E-state index contributed by atoms with van der Waals surface area (Å²) in [6.45, 7) is 3.39. The van der Waals surface area contributed by atoms with Crippen molar-refractivity contribution in [1.82, 2.24) is 15.1 Å². The van der Waals surface area contributed by atoms with E-state index in [1.807, 2.05) is 4.90 Å². The normalized spacial score (nSPS) is 23.1. The van der Waals surface area contributed by atoms with Crippen molar-refractivity contribution < 1.29 is 4.79 Å². The lowest BCUT2D eigenvalue weighted by Crippen LogP contribution is -2.44. The van der Waals surface area contributed by atoms with Crippen molar-refractivity contribution in [3.05, 3.63) is 22.6 Å². The van der Waals surface area contributed by atoms with E-state index in [2.05, 4.69) is 15.1 Å². The number of amides is 1. The molecule has 2 saturated heterocycles. The number of carbonyl (C=O) groups is 1. The van der Waals surface area contributed by atoms with Gasteiger partial charge in [-0.25, -0.2) is 5.10 Å². The van der Waals surface area contributed by atoms with E-state index >= 15 is 0 Å². The lowest BCUT2D eigenvalue weighted by molar-refractivity contribution is -0.134. The third-order valence-electron chi connectivity index (χ3n) is 4.20. The number of anilines is 1. The lowest BCUT2D eigenvalue weighted by Gasteiger charge is -2.35. The van der Waals surface area contributed by atoms with Crippen LogP contribution in [0.25, 0.3) is 0 Å². The minimum atomic E-state index is -0.199. The van der Waals surface area contributed by atoms with Gasteiger partial charge in [-0.05, 0) is 25.7 Å². The van der Waals surface area contributed by atoms with Gasteiger partial charge in [0.05, 0.1) is 17.8 Å². The summed E-state index contributed by atoms with van der Waals surface area (Å²) in [6, 6.07) is 1.55. The Morgan fingerprint density at radius 1 is 1.25 bits per heavy atom. The number of aromatic nitrogens is 2. The molecule has 2 fully saturated rings. The fourth-order valence-electron chi connectivity index (χ4n) is 3.15. The first-order valence-corrected chi connectivity index (χ1v) is 7.32. The smallest absolute Gasteiger partial charge is 0.266 e. The number of piperidine rings is 1. The van der Waals surface area contributed by atoms with Crippen molar-refractivity contribution >= 4 is 11.6 Å². The summed E-state index contributed by atoms with van der Waals surface area (Å²) in [5, 5.41) is 6.21. The fourth-order valence-corrected chi connectivity index (χ4v) is 3.15. The number of nitrogens with zero attached hydrogens (tertiary/aromatic N) is 3. The first-order valence-electron chi connectivity index (χ1n) is 7.32. The van der Waals surface area contributed by atoms with Crippen molar-refractivity contribution in [3.63, 3.8) is 0 Å². The van der Waals surface area contributed by atoms with Gasteiger partial charge in [0.15, 0.2) is 0 Å². The van der Waals surface area contributed by atoms with E-state index in [0.29, 0.717) is 6.54 Å². The molecular formula is C14H20N4O2. The largest absolute Gasteiger partial charge is 0.369 e. The van der Waals surface area contributed by atoms with E-state index in [1.165, 1.54) is 0 Å². The molecule has 0 bridgehead atoms. The summed E-state index contributed by atoms with van der Waals surface area (Å²) in [7, 11) is 0. The molecule has 0 aliphatic carbocycles. The van der Waals surface area contributed by atoms with Gasteiger partial charge >= 0.3 is 0 Å². The summed E-state index contributed by atoms with van der Waals surface area (Å²) in [4.78, 5) is 27.9. The van der Waals surface area contributed by atoms with Gasteiger partial charge in [-0.2, -0.15) is 5.10 Å². The Bertz CT molecular complexity index is 536. The van der Waals surface area contributed by atoms with Gasteiger partial charge in [-0.1, -0.05) is 0 Å². The average molecular weight is 276 g/mol. The molecular weight excluding hydrogens is 256 g/mol. The molecule has 1 N–H and O–H groups in total. The van der Waals surface area contributed by atoms with Gasteiger partial charge in [0.1, 0.15) is 0 Å². The molecule has 0 radical (unpaired) electrons. The van der Waals surface area contributed by atoms with Crippen LogP contribution in [0, 0.1) is 5.92 Å². The van der Waals surface area contributed by atoms with Crippen molar-refractivity contribution in [2.24, 2.45) is 5.92 Å². The van der Waals surface area contributed by atoms with Crippen LogP contribution in [-0.2, 0) is 4.79 Å². The zero-order chi connectivity index (χ0) is 13.9. The predicted octanol–water partition coefficient (Wildman–Crippen LogP) is 0.609. The van der Waals surface area contributed by atoms with E-state index in [0.717, 1.165) is 51.0 Å². The summed E-state index contributed by atoms with van der Waals surface area (Å²) >= 11 is 0. The fraction of sp³-hybridized carbons (Fsp3) is 0.643. The molecule has 3 heterocycles. The van der Waals surface area contributed by atoms with Gasteiger partial charge in [0.25, 0.3) is 5.56 Å². The number of aromatic amines is 1. The summed E-state index contributed by atoms with van der Waals surface area (Å²) < 4.78 is 0. The zero-order valence-electron chi connectivity index (χ0n) is 11.5. The number of likely N-dealkylation sites (tertiary alicyclic amines) is 1. The SMILES string of the molecule is O=C(C1CCCN(c2cn[nH]c(=O)c2)C1)N1CCCC1. The summed E-state index contributed by atoms with van der Waals surface area (Å²) in [5.41, 5.74) is 0.614. The molecule has 1 unspecified atom stereocenters. The number of hydrogen-bond donors (Lipinski definition) is 1. The summed E-state index contributed by atoms with van der Waals surface area (Å²) in [6.07, 6.45) is 5.84. The number of hydrogen-bond acceptors (Lipinski definition) is 4. The Balaban J connectivity index is 1.70. The second kappa shape index (κ2) is 5.64. The van der Waals surface area contributed by atoms with Crippen LogP contribution in [0.4, 0.5) is 5.69 Å². The first-order chi connectivity index (χ1) is 9.74. The van der Waals surface area contributed by atoms with Gasteiger partial charge < -0.3 is 9.80 Å². The van der Waals surface area contributed by atoms with E-state index < -0.39 is 0 Å². The molecule has 0 spiro atoms.